The summed E-state index contributed by atoms with van der Waals surface area (Å²) < 4.78 is 30.7. The van der Waals surface area contributed by atoms with E-state index in [1.807, 2.05) is 24.3 Å². The van der Waals surface area contributed by atoms with Gasteiger partial charge in [-0.15, -0.1) is 0 Å². The number of halogens is 1. The van der Waals surface area contributed by atoms with Crippen molar-refractivity contribution in [2.24, 2.45) is 0 Å². The van der Waals surface area contributed by atoms with Crippen LogP contribution in [0.2, 0.25) is 5.02 Å². The molecule has 0 unspecified atom stereocenters. The van der Waals surface area contributed by atoms with Crippen molar-refractivity contribution in [3.05, 3.63) is 53.1 Å². The molecule has 0 spiro atoms. The van der Waals surface area contributed by atoms with Crippen LogP contribution >= 0.6 is 11.6 Å². The maximum atomic E-state index is 12.9. The van der Waals surface area contributed by atoms with Gasteiger partial charge in [0, 0.05) is 17.3 Å². The normalized spacial score (nSPS) is 16.7. The van der Waals surface area contributed by atoms with Crippen LogP contribution < -0.4 is 14.8 Å². The summed E-state index contributed by atoms with van der Waals surface area (Å²) in [6.07, 6.45) is 2.77. The molecule has 28 heavy (non-hydrogen) atoms. The van der Waals surface area contributed by atoms with Gasteiger partial charge in [0.25, 0.3) is 0 Å². The number of carbonyl (C=O) groups excluding carboxylic acids is 1. The summed E-state index contributed by atoms with van der Waals surface area (Å²) in [4.78, 5) is 14.6. The molecular weight excluding hydrogens is 402 g/mol. The summed E-state index contributed by atoms with van der Waals surface area (Å²) in [5, 5.41) is 3.47. The lowest BCUT2D eigenvalue weighted by molar-refractivity contribution is 0.207. The molecule has 1 aliphatic rings. The number of likely N-dealkylation sites (tertiary alicyclic amines) is 1. The molecule has 1 saturated heterocycles. The summed E-state index contributed by atoms with van der Waals surface area (Å²) in [6, 6.07) is 11.9. The Bertz CT molecular complexity index is 981. The summed E-state index contributed by atoms with van der Waals surface area (Å²) in [5.41, 5.74) is 1.64. The lowest BCUT2D eigenvalue weighted by Crippen LogP contribution is -2.34. The van der Waals surface area contributed by atoms with Gasteiger partial charge in [0.05, 0.1) is 25.1 Å². The zero-order valence-electron chi connectivity index (χ0n) is 15.6. The molecule has 7 nitrogen and oxygen atoms in total. The van der Waals surface area contributed by atoms with Crippen molar-refractivity contribution in [2.45, 2.75) is 18.9 Å². The highest BCUT2D eigenvalue weighted by atomic mass is 35.5. The molecule has 0 saturated carbocycles. The molecule has 2 amide bonds. The van der Waals surface area contributed by atoms with Crippen LogP contribution in [0.25, 0.3) is 0 Å². The first-order chi connectivity index (χ1) is 13.3. The van der Waals surface area contributed by atoms with Crippen molar-refractivity contribution in [3.63, 3.8) is 0 Å². The van der Waals surface area contributed by atoms with Crippen LogP contribution in [0.15, 0.2) is 42.5 Å². The second-order valence-corrected chi connectivity index (χ2v) is 8.75. The highest BCUT2D eigenvalue weighted by Crippen LogP contribution is 2.36. The summed E-state index contributed by atoms with van der Waals surface area (Å²) in [5.74, 6) is 0.360. The van der Waals surface area contributed by atoms with Gasteiger partial charge in [0.15, 0.2) is 0 Å². The largest absolute Gasteiger partial charge is 0.495 e. The smallest absolute Gasteiger partial charge is 0.322 e. The van der Waals surface area contributed by atoms with Crippen molar-refractivity contribution in [2.75, 3.05) is 29.9 Å². The second kappa shape index (κ2) is 8.28. The van der Waals surface area contributed by atoms with E-state index in [0.29, 0.717) is 23.0 Å². The molecule has 2 N–H and O–H groups in total. The van der Waals surface area contributed by atoms with Crippen molar-refractivity contribution in [1.82, 2.24) is 4.90 Å². The minimum absolute atomic E-state index is 0.0967. The lowest BCUT2D eigenvalue weighted by atomic mass is 10.0. The van der Waals surface area contributed by atoms with E-state index in [4.69, 9.17) is 16.3 Å². The number of benzene rings is 2. The number of hydrogen-bond donors (Lipinski definition) is 2. The van der Waals surface area contributed by atoms with Crippen LogP contribution in [0.1, 0.15) is 24.4 Å². The minimum Gasteiger partial charge on any atom is -0.495 e. The SMILES string of the molecule is COc1ccc(NC(=O)N2CCC[C@@H]2c2ccccc2Cl)cc1NS(C)(=O)=O. The van der Waals surface area contributed by atoms with Gasteiger partial charge in [0.1, 0.15) is 5.75 Å². The zero-order valence-corrected chi connectivity index (χ0v) is 17.2. The van der Waals surface area contributed by atoms with E-state index in [1.165, 1.54) is 13.2 Å². The Kier molecular flexibility index (Phi) is 6.00. The molecular formula is C19H22ClN3O4S. The lowest BCUT2D eigenvalue weighted by Gasteiger charge is -2.26. The number of urea groups is 1. The molecule has 0 aromatic heterocycles. The van der Waals surface area contributed by atoms with Crippen LogP contribution in [-0.4, -0.2) is 39.3 Å². The maximum Gasteiger partial charge on any atom is 0.322 e. The van der Waals surface area contributed by atoms with Crippen molar-refractivity contribution in [3.8, 4) is 5.75 Å². The van der Waals surface area contributed by atoms with Crippen LogP contribution in [0, 0.1) is 0 Å². The quantitative estimate of drug-likeness (QED) is 0.758. The van der Waals surface area contributed by atoms with Crippen LogP contribution in [0.4, 0.5) is 16.2 Å². The number of ether oxygens (including phenoxy) is 1. The van der Waals surface area contributed by atoms with Gasteiger partial charge in [-0.25, -0.2) is 13.2 Å². The van der Waals surface area contributed by atoms with Gasteiger partial charge in [0.2, 0.25) is 10.0 Å². The second-order valence-electron chi connectivity index (χ2n) is 6.59. The summed E-state index contributed by atoms with van der Waals surface area (Å²) in [6.45, 7) is 0.617. The molecule has 1 fully saturated rings. The standard InChI is InChI=1S/C19H22ClN3O4S/c1-27-18-10-9-13(12-16(18)22-28(2,25)26)21-19(24)23-11-5-8-17(23)14-6-3-4-7-15(14)20/h3-4,6-7,9-10,12,17,22H,5,8,11H2,1-2H3,(H,21,24)/t17-/m1/s1. The molecule has 1 atom stereocenters. The van der Waals surface area contributed by atoms with Gasteiger partial charge in [-0.3, -0.25) is 4.72 Å². The molecule has 0 aliphatic carbocycles. The van der Waals surface area contributed by atoms with E-state index in [1.54, 1.807) is 17.0 Å². The average Bonchev–Trinajstić information content (AvgIpc) is 3.10. The van der Waals surface area contributed by atoms with Crippen LogP contribution in [-0.2, 0) is 10.0 Å². The fraction of sp³-hybridized carbons (Fsp3) is 0.316. The number of amides is 2. The Morgan fingerprint density at radius 1 is 1.25 bits per heavy atom. The Labute approximate surface area is 169 Å². The first-order valence-corrected chi connectivity index (χ1v) is 11.0. The summed E-state index contributed by atoms with van der Waals surface area (Å²) in [7, 11) is -2.04. The number of anilines is 2. The van der Waals surface area contributed by atoms with Gasteiger partial charge in [-0.05, 0) is 42.7 Å². The third kappa shape index (κ3) is 4.69. The minimum atomic E-state index is -3.49. The maximum absolute atomic E-state index is 12.9. The summed E-state index contributed by atoms with van der Waals surface area (Å²) >= 11 is 6.31. The first kappa shape index (κ1) is 20.3. The number of rotatable bonds is 5. The molecule has 2 aromatic rings. The fourth-order valence-corrected chi connectivity index (χ4v) is 4.16. The molecule has 0 radical (unpaired) electrons. The van der Waals surface area contributed by atoms with Crippen LogP contribution in [0.5, 0.6) is 5.75 Å². The molecule has 1 aliphatic heterocycles. The van der Waals surface area contributed by atoms with E-state index in [0.717, 1.165) is 24.7 Å². The number of hydrogen-bond acceptors (Lipinski definition) is 4. The van der Waals surface area contributed by atoms with Gasteiger partial charge in [-0.1, -0.05) is 29.8 Å². The first-order valence-electron chi connectivity index (χ1n) is 8.76. The van der Waals surface area contributed by atoms with Crippen molar-refractivity contribution in [1.29, 1.82) is 0 Å². The number of nitrogens with zero attached hydrogens (tertiary/aromatic N) is 1. The Balaban J connectivity index is 1.80. The predicted octanol–water partition coefficient (Wildman–Crippen LogP) is 4.09. The van der Waals surface area contributed by atoms with Gasteiger partial charge < -0.3 is 15.0 Å². The number of nitrogens with one attached hydrogen (secondary N) is 2. The van der Waals surface area contributed by atoms with Crippen LogP contribution in [0.3, 0.4) is 0 Å². The average molecular weight is 424 g/mol. The molecule has 0 bridgehead atoms. The molecule has 150 valence electrons. The fourth-order valence-electron chi connectivity index (χ4n) is 3.34. The monoisotopic (exact) mass is 423 g/mol. The number of carbonyl (C=O) groups is 1. The Hall–Kier alpha value is -2.45. The van der Waals surface area contributed by atoms with Gasteiger partial charge >= 0.3 is 6.03 Å². The third-order valence-corrected chi connectivity index (χ3v) is 5.46. The van der Waals surface area contributed by atoms with Gasteiger partial charge in [-0.2, -0.15) is 0 Å². The molecule has 2 aromatic carbocycles. The predicted molar refractivity (Wildman–Crippen MR) is 111 cm³/mol. The molecule has 1 heterocycles. The Morgan fingerprint density at radius 2 is 2.00 bits per heavy atom. The molecule has 3 rings (SSSR count). The highest BCUT2D eigenvalue weighted by molar-refractivity contribution is 7.92. The van der Waals surface area contributed by atoms with E-state index in [9.17, 15) is 13.2 Å². The Morgan fingerprint density at radius 3 is 2.68 bits per heavy atom. The van der Waals surface area contributed by atoms with E-state index >= 15 is 0 Å². The number of sulfonamides is 1. The highest BCUT2D eigenvalue weighted by Gasteiger charge is 2.31. The van der Waals surface area contributed by atoms with E-state index < -0.39 is 10.0 Å². The molecule has 9 heteroatoms. The van der Waals surface area contributed by atoms with Crippen molar-refractivity contribution < 1.29 is 17.9 Å². The van der Waals surface area contributed by atoms with E-state index in [2.05, 4.69) is 10.0 Å². The number of methoxy groups -OCH3 is 1. The van der Waals surface area contributed by atoms with E-state index in [-0.39, 0.29) is 17.8 Å². The topological polar surface area (TPSA) is 87.7 Å². The third-order valence-electron chi connectivity index (χ3n) is 4.52. The zero-order chi connectivity index (χ0) is 20.3. The van der Waals surface area contributed by atoms with Crippen molar-refractivity contribution >= 4 is 39.0 Å².